The normalized spacial score (nSPS) is 12.5. The number of carbonyl (C=O) groups excluding carboxylic acids is 1. The lowest BCUT2D eigenvalue weighted by Gasteiger charge is -2.16. The zero-order valence-corrected chi connectivity index (χ0v) is 12.5. The fourth-order valence-corrected chi connectivity index (χ4v) is 2.09. The smallest absolute Gasteiger partial charge is 0.334 e. The largest absolute Gasteiger partial charge is 0.416 e. The zero-order valence-electron chi connectivity index (χ0n) is 12.5. The predicted molar refractivity (Wildman–Crippen MR) is 81.7 cm³/mol. The van der Waals surface area contributed by atoms with Crippen LogP contribution in [0.15, 0.2) is 54.6 Å². The Bertz CT molecular complexity index is 656. The summed E-state index contributed by atoms with van der Waals surface area (Å²) in [6.45, 7) is 1.99. The third kappa shape index (κ3) is 5.02. The Morgan fingerprint density at radius 1 is 1.09 bits per heavy atom. The van der Waals surface area contributed by atoms with Crippen molar-refractivity contribution in [2.24, 2.45) is 0 Å². The first-order valence-corrected chi connectivity index (χ1v) is 7.11. The van der Waals surface area contributed by atoms with Crippen molar-refractivity contribution >= 4 is 6.03 Å². The molecular weight excluding hydrogens is 305 g/mol. The van der Waals surface area contributed by atoms with Gasteiger partial charge < -0.3 is 10.6 Å². The molecule has 2 N–H and O–H groups in total. The highest BCUT2D eigenvalue weighted by Gasteiger charge is 2.30. The number of benzene rings is 2. The molecule has 2 rings (SSSR count). The lowest BCUT2D eigenvalue weighted by molar-refractivity contribution is -0.137. The summed E-state index contributed by atoms with van der Waals surface area (Å²) in [6, 6.07) is 13.3. The molecule has 0 aliphatic heterocycles. The first-order valence-electron chi connectivity index (χ1n) is 7.11. The second-order valence-electron chi connectivity index (χ2n) is 5.16. The van der Waals surface area contributed by atoms with Crippen molar-refractivity contribution in [3.63, 3.8) is 0 Å². The minimum atomic E-state index is -4.40. The van der Waals surface area contributed by atoms with Crippen LogP contribution < -0.4 is 10.6 Å². The molecule has 0 bridgehead atoms. The topological polar surface area (TPSA) is 41.1 Å². The second kappa shape index (κ2) is 7.17. The van der Waals surface area contributed by atoms with E-state index >= 15 is 0 Å². The van der Waals surface area contributed by atoms with Crippen molar-refractivity contribution in [1.82, 2.24) is 10.6 Å². The molecule has 0 aliphatic carbocycles. The summed E-state index contributed by atoms with van der Waals surface area (Å²) in [5.74, 6) is 0. The van der Waals surface area contributed by atoms with Crippen LogP contribution in [0.5, 0.6) is 0 Å². The Labute approximate surface area is 132 Å². The van der Waals surface area contributed by atoms with Gasteiger partial charge in [0, 0.05) is 6.54 Å². The number of carbonyl (C=O) groups is 1. The highest BCUT2D eigenvalue weighted by molar-refractivity contribution is 5.74. The van der Waals surface area contributed by atoms with E-state index in [2.05, 4.69) is 10.6 Å². The van der Waals surface area contributed by atoms with Crippen molar-refractivity contribution in [3.05, 3.63) is 71.3 Å². The maximum Gasteiger partial charge on any atom is 0.416 e. The minimum absolute atomic E-state index is 0.349. The average molecular weight is 322 g/mol. The summed E-state index contributed by atoms with van der Waals surface area (Å²) in [5.41, 5.74) is 0.609. The van der Waals surface area contributed by atoms with Gasteiger partial charge in [-0.25, -0.2) is 4.79 Å². The summed E-state index contributed by atoms with van der Waals surface area (Å²) in [4.78, 5) is 11.8. The Balaban J connectivity index is 1.93. The number of rotatable bonds is 4. The molecule has 0 aromatic heterocycles. The molecule has 0 aliphatic rings. The number of urea groups is 1. The number of alkyl halides is 3. The van der Waals surface area contributed by atoms with Gasteiger partial charge in [-0.3, -0.25) is 0 Å². The lowest BCUT2D eigenvalue weighted by atomic mass is 10.1. The molecule has 0 spiro atoms. The molecule has 2 amide bonds. The summed E-state index contributed by atoms with van der Waals surface area (Å²) in [7, 11) is 0. The van der Waals surface area contributed by atoms with Crippen molar-refractivity contribution in [1.29, 1.82) is 0 Å². The SMILES string of the molecule is C[C@H](NC(=O)NCc1ccccc1)c1cccc(C(F)(F)F)c1. The number of amides is 2. The van der Waals surface area contributed by atoms with E-state index in [1.54, 1.807) is 13.0 Å². The number of hydrogen-bond donors (Lipinski definition) is 2. The molecule has 3 nitrogen and oxygen atoms in total. The van der Waals surface area contributed by atoms with E-state index in [1.807, 2.05) is 30.3 Å². The maximum absolute atomic E-state index is 12.7. The van der Waals surface area contributed by atoms with Gasteiger partial charge in [0.1, 0.15) is 0 Å². The fraction of sp³-hybridized carbons (Fsp3) is 0.235. The first-order chi connectivity index (χ1) is 10.9. The average Bonchev–Trinajstić information content (AvgIpc) is 2.53. The van der Waals surface area contributed by atoms with Gasteiger partial charge in [-0.1, -0.05) is 42.5 Å². The minimum Gasteiger partial charge on any atom is -0.334 e. The Morgan fingerprint density at radius 3 is 2.43 bits per heavy atom. The molecule has 0 heterocycles. The standard InChI is InChI=1S/C17H17F3N2O/c1-12(14-8-5-9-15(10-14)17(18,19)20)22-16(23)21-11-13-6-3-2-4-7-13/h2-10,12H,11H2,1H3,(H2,21,22,23)/t12-/m0/s1. The van der Waals surface area contributed by atoms with Crippen LogP contribution in [0, 0.1) is 0 Å². The summed E-state index contributed by atoms with van der Waals surface area (Å²) in [6.07, 6.45) is -4.40. The second-order valence-corrected chi connectivity index (χ2v) is 5.16. The van der Waals surface area contributed by atoms with Crippen LogP contribution in [0.4, 0.5) is 18.0 Å². The molecule has 0 saturated heterocycles. The first kappa shape index (κ1) is 16.9. The van der Waals surface area contributed by atoms with Crippen molar-refractivity contribution < 1.29 is 18.0 Å². The molecule has 0 radical (unpaired) electrons. The van der Waals surface area contributed by atoms with Gasteiger partial charge in [-0.2, -0.15) is 13.2 Å². The maximum atomic E-state index is 12.7. The third-order valence-electron chi connectivity index (χ3n) is 3.36. The molecule has 0 unspecified atom stereocenters. The van der Waals surface area contributed by atoms with Gasteiger partial charge >= 0.3 is 12.2 Å². The van der Waals surface area contributed by atoms with Crippen LogP contribution in [0.25, 0.3) is 0 Å². The van der Waals surface area contributed by atoms with E-state index < -0.39 is 23.8 Å². The van der Waals surface area contributed by atoms with Crippen LogP contribution in [0.3, 0.4) is 0 Å². The van der Waals surface area contributed by atoms with E-state index in [1.165, 1.54) is 6.07 Å². The predicted octanol–water partition coefficient (Wildman–Crippen LogP) is 4.27. The number of hydrogen-bond acceptors (Lipinski definition) is 1. The molecule has 122 valence electrons. The quantitative estimate of drug-likeness (QED) is 0.867. The number of halogens is 3. The zero-order chi connectivity index (χ0) is 16.9. The van der Waals surface area contributed by atoms with E-state index in [9.17, 15) is 18.0 Å². The number of nitrogens with one attached hydrogen (secondary N) is 2. The van der Waals surface area contributed by atoms with Gasteiger partial charge in [0.05, 0.1) is 11.6 Å². The van der Waals surface area contributed by atoms with E-state index in [-0.39, 0.29) is 0 Å². The molecule has 2 aromatic carbocycles. The van der Waals surface area contributed by atoms with Crippen molar-refractivity contribution in [2.75, 3.05) is 0 Å². The van der Waals surface area contributed by atoms with E-state index in [0.717, 1.165) is 17.7 Å². The van der Waals surface area contributed by atoms with Gasteiger partial charge in [0.2, 0.25) is 0 Å². The lowest BCUT2D eigenvalue weighted by Crippen LogP contribution is -2.36. The monoisotopic (exact) mass is 322 g/mol. The van der Waals surface area contributed by atoms with Gasteiger partial charge in [-0.05, 0) is 30.2 Å². The summed E-state index contributed by atoms with van der Waals surface area (Å²) >= 11 is 0. The Hall–Kier alpha value is -2.50. The molecule has 1 atom stereocenters. The summed E-state index contributed by atoms with van der Waals surface area (Å²) < 4.78 is 38.1. The Morgan fingerprint density at radius 2 is 1.78 bits per heavy atom. The molecule has 6 heteroatoms. The Kier molecular flexibility index (Phi) is 5.26. The highest BCUT2D eigenvalue weighted by atomic mass is 19.4. The van der Waals surface area contributed by atoms with Crippen LogP contribution >= 0.6 is 0 Å². The van der Waals surface area contributed by atoms with E-state index in [0.29, 0.717) is 12.1 Å². The van der Waals surface area contributed by atoms with Crippen LogP contribution in [0.1, 0.15) is 29.7 Å². The van der Waals surface area contributed by atoms with Crippen LogP contribution in [-0.2, 0) is 12.7 Å². The van der Waals surface area contributed by atoms with Crippen molar-refractivity contribution in [3.8, 4) is 0 Å². The van der Waals surface area contributed by atoms with E-state index in [4.69, 9.17) is 0 Å². The molecule has 0 saturated carbocycles. The molecule has 23 heavy (non-hydrogen) atoms. The highest BCUT2D eigenvalue weighted by Crippen LogP contribution is 2.30. The fourth-order valence-electron chi connectivity index (χ4n) is 2.09. The van der Waals surface area contributed by atoms with Gasteiger partial charge in [0.25, 0.3) is 0 Å². The molecule has 2 aromatic rings. The molecule has 0 fully saturated rings. The van der Waals surface area contributed by atoms with Crippen molar-refractivity contribution in [2.45, 2.75) is 25.7 Å². The third-order valence-corrected chi connectivity index (χ3v) is 3.36. The summed E-state index contributed by atoms with van der Waals surface area (Å²) in [5, 5.41) is 5.30. The van der Waals surface area contributed by atoms with Crippen LogP contribution in [-0.4, -0.2) is 6.03 Å². The molecular formula is C17H17F3N2O. The van der Waals surface area contributed by atoms with Gasteiger partial charge in [-0.15, -0.1) is 0 Å². The van der Waals surface area contributed by atoms with Gasteiger partial charge in [0.15, 0.2) is 0 Å². The van der Waals surface area contributed by atoms with Crippen LogP contribution in [0.2, 0.25) is 0 Å².